The van der Waals surface area contributed by atoms with Crippen molar-refractivity contribution in [2.75, 3.05) is 5.32 Å². The summed E-state index contributed by atoms with van der Waals surface area (Å²) in [4.78, 5) is 12.5. The molecule has 25 heavy (non-hydrogen) atoms. The highest BCUT2D eigenvalue weighted by molar-refractivity contribution is 5.93. The third kappa shape index (κ3) is 4.26. The van der Waals surface area contributed by atoms with E-state index in [0.29, 0.717) is 24.5 Å². The lowest BCUT2D eigenvalue weighted by molar-refractivity contribution is -0.122. The lowest BCUT2D eigenvalue weighted by Crippen LogP contribution is -2.33. The highest BCUT2D eigenvalue weighted by Crippen LogP contribution is 2.16. The zero-order valence-corrected chi connectivity index (χ0v) is 13.7. The number of anilines is 1. The topological polar surface area (TPSA) is 69.3 Å². The Morgan fingerprint density at radius 2 is 2.12 bits per heavy atom. The summed E-state index contributed by atoms with van der Waals surface area (Å²) in [6.07, 6.45) is 2.95. The summed E-state index contributed by atoms with van der Waals surface area (Å²) in [5, 5.41) is 6.99. The lowest BCUT2D eigenvalue weighted by Gasteiger charge is -2.17. The number of nitrogens with zero attached hydrogens (tertiary/aromatic N) is 2. The Labute approximate surface area is 144 Å². The number of rotatable bonds is 7. The number of furan rings is 1. The number of halogens is 1. The van der Waals surface area contributed by atoms with Crippen molar-refractivity contribution in [2.24, 2.45) is 0 Å². The molecule has 3 rings (SSSR count). The standard InChI is InChI=1S/C18H18FN3O3/c1-2-16(25-14-7-5-13(19)6-8-14)18(23)21-17-9-10-20-22(17)12-15-4-3-11-24-15/h3-11,16H,2,12H2,1H3,(H,21,23)/t16-/m1/s1. The van der Waals surface area contributed by atoms with Gasteiger partial charge >= 0.3 is 0 Å². The van der Waals surface area contributed by atoms with E-state index in [1.165, 1.54) is 24.3 Å². The number of carbonyl (C=O) groups is 1. The summed E-state index contributed by atoms with van der Waals surface area (Å²) in [6, 6.07) is 10.9. The number of hydrogen-bond acceptors (Lipinski definition) is 4. The average Bonchev–Trinajstić information content (AvgIpc) is 3.27. The van der Waals surface area contributed by atoms with E-state index in [1.807, 2.05) is 13.0 Å². The highest BCUT2D eigenvalue weighted by Gasteiger charge is 2.20. The van der Waals surface area contributed by atoms with Gasteiger partial charge in [-0.1, -0.05) is 6.92 Å². The van der Waals surface area contributed by atoms with E-state index in [2.05, 4.69) is 10.4 Å². The van der Waals surface area contributed by atoms with E-state index >= 15 is 0 Å². The molecule has 2 heterocycles. The molecule has 2 aromatic heterocycles. The van der Waals surface area contributed by atoms with E-state index < -0.39 is 6.10 Å². The monoisotopic (exact) mass is 343 g/mol. The first-order valence-corrected chi connectivity index (χ1v) is 7.93. The largest absolute Gasteiger partial charge is 0.481 e. The highest BCUT2D eigenvalue weighted by atomic mass is 19.1. The molecule has 1 aromatic carbocycles. The van der Waals surface area contributed by atoms with Crippen molar-refractivity contribution < 1.29 is 18.3 Å². The van der Waals surface area contributed by atoms with Crippen LogP contribution >= 0.6 is 0 Å². The summed E-state index contributed by atoms with van der Waals surface area (Å²) in [7, 11) is 0. The number of aromatic nitrogens is 2. The Morgan fingerprint density at radius 1 is 1.32 bits per heavy atom. The molecule has 1 amide bonds. The average molecular weight is 343 g/mol. The van der Waals surface area contributed by atoms with Gasteiger partial charge in [-0.05, 0) is 42.8 Å². The number of amides is 1. The minimum Gasteiger partial charge on any atom is -0.481 e. The van der Waals surface area contributed by atoms with Crippen LogP contribution in [0.1, 0.15) is 19.1 Å². The molecule has 0 aliphatic carbocycles. The maximum Gasteiger partial charge on any atom is 0.266 e. The molecule has 0 bridgehead atoms. The molecule has 0 saturated heterocycles. The second-order valence-corrected chi connectivity index (χ2v) is 5.41. The Morgan fingerprint density at radius 3 is 2.80 bits per heavy atom. The number of carbonyl (C=O) groups excluding carboxylic acids is 1. The van der Waals surface area contributed by atoms with Gasteiger partial charge in [0.1, 0.15) is 29.7 Å². The van der Waals surface area contributed by atoms with Gasteiger partial charge in [-0.25, -0.2) is 9.07 Å². The Bertz CT molecular complexity index is 812. The van der Waals surface area contributed by atoms with Gasteiger partial charge in [0.25, 0.3) is 5.91 Å². The van der Waals surface area contributed by atoms with Crippen LogP contribution in [-0.4, -0.2) is 21.8 Å². The van der Waals surface area contributed by atoms with Crippen LogP contribution in [0.25, 0.3) is 0 Å². The number of ether oxygens (including phenoxy) is 1. The quantitative estimate of drug-likeness (QED) is 0.713. The molecule has 0 aliphatic heterocycles. The summed E-state index contributed by atoms with van der Waals surface area (Å²) in [5.74, 6) is 1.06. The van der Waals surface area contributed by atoms with E-state index in [9.17, 15) is 9.18 Å². The van der Waals surface area contributed by atoms with Crippen molar-refractivity contribution in [2.45, 2.75) is 26.0 Å². The number of benzene rings is 1. The molecule has 0 aliphatic rings. The summed E-state index contributed by atoms with van der Waals surface area (Å²) >= 11 is 0. The van der Waals surface area contributed by atoms with Crippen molar-refractivity contribution in [3.05, 3.63) is 66.5 Å². The fourth-order valence-electron chi connectivity index (χ4n) is 2.32. The molecule has 0 fully saturated rings. The Balaban J connectivity index is 1.66. The molecule has 130 valence electrons. The molecule has 0 spiro atoms. The molecule has 0 saturated carbocycles. The molecular weight excluding hydrogens is 325 g/mol. The van der Waals surface area contributed by atoms with Gasteiger partial charge < -0.3 is 14.5 Å². The van der Waals surface area contributed by atoms with Gasteiger partial charge in [-0.3, -0.25) is 4.79 Å². The predicted octanol–water partition coefficient (Wildman–Crippen LogP) is 3.46. The van der Waals surface area contributed by atoms with Crippen LogP contribution in [0.4, 0.5) is 10.2 Å². The number of hydrogen-bond donors (Lipinski definition) is 1. The molecule has 0 radical (unpaired) electrons. The smallest absolute Gasteiger partial charge is 0.266 e. The minimum atomic E-state index is -0.697. The van der Waals surface area contributed by atoms with Crippen LogP contribution in [0.5, 0.6) is 5.75 Å². The minimum absolute atomic E-state index is 0.298. The van der Waals surface area contributed by atoms with Crippen molar-refractivity contribution >= 4 is 11.7 Å². The van der Waals surface area contributed by atoms with Gasteiger partial charge in [0, 0.05) is 6.07 Å². The normalized spacial score (nSPS) is 11.9. The number of nitrogens with one attached hydrogen (secondary N) is 1. The SMILES string of the molecule is CC[C@@H](Oc1ccc(F)cc1)C(=O)Nc1ccnn1Cc1ccco1. The van der Waals surface area contributed by atoms with E-state index in [-0.39, 0.29) is 11.7 Å². The summed E-state index contributed by atoms with van der Waals surface area (Å²) in [6.45, 7) is 2.25. The van der Waals surface area contributed by atoms with Gasteiger partial charge in [0.2, 0.25) is 0 Å². The van der Waals surface area contributed by atoms with Crippen LogP contribution in [0.2, 0.25) is 0 Å². The van der Waals surface area contributed by atoms with Crippen LogP contribution in [0.15, 0.2) is 59.3 Å². The zero-order valence-electron chi connectivity index (χ0n) is 13.7. The Hall–Kier alpha value is -3.09. The van der Waals surface area contributed by atoms with Crippen molar-refractivity contribution in [3.63, 3.8) is 0 Å². The third-order valence-corrected chi connectivity index (χ3v) is 3.61. The van der Waals surface area contributed by atoms with Gasteiger partial charge in [0.05, 0.1) is 12.5 Å². The fourth-order valence-corrected chi connectivity index (χ4v) is 2.32. The van der Waals surface area contributed by atoms with Crippen LogP contribution in [-0.2, 0) is 11.3 Å². The van der Waals surface area contributed by atoms with Gasteiger partial charge in [0.15, 0.2) is 6.10 Å². The molecule has 1 N–H and O–H groups in total. The van der Waals surface area contributed by atoms with Crippen LogP contribution in [0.3, 0.4) is 0 Å². The van der Waals surface area contributed by atoms with Gasteiger partial charge in [-0.15, -0.1) is 0 Å². The molecule has 6 nitrogen and oxygen atoms in total. The van der Waals surface area contributed by atoms with E-state index in [0.717, 1.165) is 5.76 Å². The molecule has 7 heteroatoms. The maximum atomic E-state index is 13.0. The molecule has 3 aromatic rings. The molecular formula is C18H18FN3O3. The zero-order chi connectivity index (χ0) is 17.6. The third-order valence-electron chi connectivity index (χ3n) is 3.61. The first kappa shape index (κ1) is 16.8. The second-order valence-electron chi connectivity index (χ2n) is 5.41. The maximum absolute atomic E-state index is 13.0. The molecule has 1 atom stereocenters. The Kier molecular flexibility index (Phi) is 5.13. The van der Waals surface area contributed by atoms with Crippen molar-refractivity contribution in [1.29, 1.82) is 0 Å². The first-order valence-electron chi connectivity index (χ1n) is 7.93. The first-order chi connectivity index (χ1) is 12.2. The predicted molar refractivity (Wildman–Crippen MR) is 89.8 cm³/mol. The second kappa shape index (κ2) is 7.65. The fraction of sp³-hybridized carbons (Fsp3) is 0.222. The molecule has 0 unspecified atom stereocenters. The van der Waals surface area contributed by atoms with Crippen molar-refractivity contribution in [3.8, 4) is 5.75 Å². The van der Waals surface area contributed by atoms with Gasteiger partial charge in [-0.2, -0.15) is 5.10 Å². The van der Waals surface area contributed by atoms with E-state index in [4.69, 9.17) is 9.15 Å². The van der Waals surface area contributed by atoms with Crippen molar-refractivity contribution in [1.82, 2.24) is 9.78 Å². The lowest BCUT2D eigenvalue weighted by atomic mass is 10.2. The van der Waals surface area contributed by atoms with Crippen LogP contribution < -0.4 is 10.1 Å². The van der Waals surface area contributed by atoms with E-state index in [1.54, 1.807) is 29.3 Å². The summed E-state index contributed by atoms with van der Waals surface area (Å²) < 4.78 is 25.5. The van der Waals surface area contributed by atoms with Crippen LogP contribution in [0, 0.1) is 5.82 Å². The summed E-state index contributed by atoms with van der Waals surface area (Å²) in [5.41, 5.74) is 0.